The van der Waals surface area contributed by atoms with E-state index < -0.39 is 5.54 Å². The average molecular weight is 289 g/mol. The van der Waals surface area contributed by atoms with Crippen LogP contribution in [0.4, 0.5) is 0 Å². The number of aryl methyl sites for hydroxylation is 1. The number of thiazole rings is 1. The van der Waals surface area contributed by atoms with Crippen LogP contribution in [-0.2, 0) is 5.54 Å². The summed E-state index contributed by atoms with van der Waals surface area (Å²) in [6.45, 7) is 1.98. The first-order chi connectivity index (χ1) is 9.20. The van der Waals surface area contributed by atoms with Gasteiger partial charge in [-0.15, -0.1) is 11.3 Å². The maximum atomic E-state index is 9.57. The minimum atomic E-state index is -0.675. The predicted octanol–water partition coefficient (Wildman–Crippen LogP) is 3.18. The molecule has 1 atom stereocenters. The Bertz CT molecular complexity index is 574. The SMILES string of the molecule is CNC(C#N)(CSc1nc(C)cs1)c1ccccc1. The number of hydrogen-bond acceptors (Lipinski definition) is 5. The smallest absolute Gasteiger partial charge is 0.150 e. The second kappa shape index (κ2) is 6.20. The van der Waals surface area contributed by atoms with Crippen molar-refractivity contribution in [3.8, 4) is 6.07 Å². The molecule has 1 heterocycles. The van der Waals surface area contributed by atoms with E-state index in [-0.39, 0.29) is 0 Å². The van der Waals surface area contributed by atoms with Crippen molar-refractivity contribution >= 4 is 23.1 Å². The van der Waals surface area contributed by atoms with Gasteiger partial charge in [-0.25, -0.2) is 4.98 Å². The van der Waals surface area contributed by atoms with Crippen LogP contribution in [0.2, 0.25) is 0 Å². The maximum absolute atomic E-state index is 9.57. The lowest BCUT2D eigenvalue weighted by molar-refractivity contribution is 0.528. The zero-order valence-electron chi connectivity index (χ0n) is 10.9. The third-order valence-corrected chi connectivity index (χ3v) is 5.20. The van der Waals surface area contributed by atoms with Gasteiger partial charge in [0.05, 0.1) is 6.07 Å². The van der Waals surface area contributed by atoms with Crippen LogP contribution in [-0.4, -0.2) is 17.8 Å². The Morgan fingerprint density at radius 1 is 1.42 bits per heavy atom. The molecule has 5 heteroatoms. The van der Waals surface area contributed by atoms with Crippen LogP contribution in [0, 0.1) is 18.3 Å². The number of benzene rings is 1. The van der Waals surface area contributed by atoms with Crippen molar-refractivity contribution in [2.24, 2.45) is 0 Å². The summed E-state index contributed by atoms with van der Waals surface area (Å²) < 4.78 is 1.00. The predicted molar refractivity (Wildman–Crippen MR) is 80.4 cm³/mol. The van der Waals surface area contributed by atoms with Gasteiger partial charge in [-0.05, 0) is 19.5 Å². The van der Waals surface area contributed by atoms with Crippen molar-refractivity contribution in [2.45, 2.75) is 16.8 Å². The van der Waals surface area contributed by atoms with Crippen LogP contribution in [0.5, 0.6) is 0 Å². The lowest BCUT2D eigenvalue weighted by Crippen LogP contribution is -2.41. The van der Waals surface area contributed by atoms with Crippen molar-refractivity contribution in [1.29, 1.82) is 5.26 Å². The van der Waals surface area contributed by atoms with Gasteiger partial charge in [0.25, 0.3) is 0 Å². The number of aromatic nitrogens is 1. The molecule has 2 aromatic rings. The Hall–Kier alpha value is -1.35. The number of nitriles is 1. The van der Waals surface area contributed by atoms with Gasteiger partial charge >= 0.3 is 0 Å². The molecule has 19 heavy (non-hydrogen) atoms. The molecule has 0 spiro atoms. The normalized spacial score (nSPS) is 13.7. The highest BCUT2D eigenvalue weighted by atomic mass is 32.2. The highest BCUT2D eigenvalue weighted by Gasteiger charge is 2.30. The monoisotopic (exact) mass is 289 g/mol. The lowest BCUT2D eigenvalue weighted by atomic mass is 9.94. The molecule has 0 saturated heterocycles. The van der Waals surface area contributed by atoms with E-state index in [9.17, 15) is 5.26 Å². The van der Waals surface area contributed by atoms with Crippen LogP contribution in [0.25, 0.3) is 0 Å². The zero-order chi connectivity index (χ0) is 13.7. The first-order valence-electron chi connectivity index (χ1n) is 5.91. The van der Waals surface area contributed by atoms with Crippen molar-refractivity contribution in [3.63, 3.8) is 0 Å². The van der Waals surface area contributed by atoms with Gasteiger partial charge in [-0.2, -0.15) is 5.26 Å². The van der Waals surface area contributed by atoms with Crippen molar-refractivity contribution < 1.29 is 0 Å². The molecule has 0 radical (unpaired) electrons. The van der Waals surface area contributed by atoms with Crippen molar-refractivity contribution in [3.05, 3.63) is 47.0 Å². The van der Waals surface area contributed by atoms with Gasteiger partial charge in [0.1, 0.15) is 9.88 Å². The second-order valence-electron chi connectivity index (χ2n) is 4.18. The Morgan fingerprint density at radius 3 is 2.68 bits per heavy atom. The largest absolute Gasteiger partial charge is 0.298 e. The highest BCUT2D eigenvalue weighted by Crippen LogP contribution is 2.30. The zero-order valence-corrected chi connectivity index (χ0v) is 12.5. The van der Waals surface area contributed by atoms with Gasteiger partial charge in [0.2, 0.25) is 0 Å². The lowest BCUT2D eigenvalue weighted by Gasteiger charge is -2.25. The molecule has 1 N–H and O–H groups in total. The maximum Gasteiger partial charge on any atom is 0.150 e. The minimum absolute atomic E-state index is 0.636. The third kappa shape index (κ3) is 3.16. The first kappa shape index (κ1) is 14.1. The van der Waals surface area contributed by atoms with Gasteiger partial charge < -0.3 is 0 Å². The van der Waals surface area contributed by atoms with Crippen molar-refractivity contribution in [2.75, 3.05) is 12.8 Å². The Balaban J connectivity index is 2.19. The molecule has 98 valence electrons. The molecular formula is C14H15N3S2. The number of nitrogens with zero attached hydrogens (tertiary/aromatic N) is 2. The molecule has 3 nitrogen and oxygen atoms in total. The van der Waals surface area contributed by atoms with Crippen LogP contribution in [0.15, 0.2) is 40.1 Å². The average Bonchev–Trinajstić information content (AvgIpc) is 2.88. The molecule has 1 aromatic heterocycles. The summed E-state index contributed by atoms with van der Waals surface area (Å²) in [7, 11) is 1.82. The van der Waals surface area contributed by atoms with E-state index in [1.165, 1.54) is 0 Å². The van der Waals surface area contributed by atoms with Crippen molar-refractivity contribution in [1.82, 2.24) is 10.3 Å². The molecule has 2 rings (SSSR count). The van der Waals surface area contributed by atoms with E-state index in [4.69, 9.17) is 0 Å². The van der Waals surface area contributed by atoms with Gasteiger partial charge in [-0.1, -0.05) is 42.1 Å². The Kier molecular flexibility index (Phi) is 4.59. The van der Waals surface area contributed by atoms with Crippen LogP contribution < -0.4 is 5.32 Å². The fourth-order valence-electron chi connectivity index (χ4n) is 1.74. The molecule has 0 saturated carbocycles. The summed E-state index contributed by atoms with van der Waals surface area (Å²) in [5.41, 5.74) is 1.34. The standard InChI is InChI=1S/C14H15N3S2/c1-11-8-18-13(17-11)19-10-14(9-15,16-2)12-6-4-3-5-7-12/h3-8,16H,10H2,1-2H3. The van der Waals surface area contributed by atoms with E-state index in [0.29, 0.717) is 5.75 Å². The van der Waals surface area contributed by atoms with Gasteiger partial charge in [0, 0.05) is 16.8 Å². The minimum Gasteiger partial charge on any atom is -0.298 e. The van der Waals surface area contributed by atoms with Gasteiger partial charge in [-0.3, -0.25) is 5.32 Å². The molecule has 1 aromatic carbocycles. The molecule has 0 aliphatic carbocycles. The summed E-state index contributed by atoms with van der Waals surface area (Å²) in [6.07, 6.45) is 0. The molecule has 0 fully saturated rings. The van der Waals surface area contributed by atoms with E-state index in [0.717, 1.165) is 15.6 Å². The molecular weight excluding hydrogens is 274 g/mol. The third-order valence-electron chi connectivity index (χ3n) is 2.89. The molecule has 0 aliphatic heterocycles. The summed E-state index contributed by atoms with van der Waals surface area (Å²) in [5.74, 6) is 0.636. The summed E-state index contributed by atoms with van der Waals surface area (Å²) in [6, 6.07) is 12.2. The number of rotatable bonds is 5. The van der Waals surface area contributed by atoms with Gasteiger partial charge in [0.15, 0.2) is 0 Å². The van der Waals surface area contributed by atoms with Crippen LogP contribution in [0.1, 0.15) is 11.3 Å². The molecule has 0 amide bonds. The number of nitrogens with one attached hydrogen (secondary N) is 1. The fourth-order valence-corrected chi connectivity index (χ4v) is 3.78. The Morgan fingerprint density at radius 2 is 2.16 bits per heavy atom. The summed E-state index contributed by atoms with van der Waals surface area (Å²) in [5, 5.41) is 14.7. The Labute approximate surface area is 121 Å². The number of thioether (sulfide) groups is 1. The van der Waals surface area contributed by atoms with E-state index in [1.54, 1.807) is 23.1 Å². The second-order valence-corrected chi connectivity index (χ2v) is 6.26. The molecule has 1 unspecified atom stereocenters. The van der Waals surface area contributed by atoms with Crippen LogP contribution in [0.3, 0.4) is 0 Å². The summed E-state index contributed by atoms with van der Waals surface area (Å²) >= 11 is 3.24. The van der Waals surface area contributed by atoms with E-state index in [2.05, 4.69) is 16.4 Å². The topological polar surface area (TPSA) is 48.7 Å². The fraction of sp³-hybridized carbons (Fsp3) is 0.286. The van der Waals surface area contributed by atoms with E-state index >= 15 is 0 Å². The molecule has 0 aliphatic rings. The molecule has 0 bridgehead atoms. The van der Waals surface area contributed by atoms with E-state index in [1.807, 2.05) is 49.7 Å². The number of hydrogen-bond donors (Lipinski definition) is 1. The quantitative estimate of drug-likeness (QED) is 0.859. The first-order valence-corrected chi connectivity index (χ1v) is 7.77. The highest BCUT2D eigenvalue weighted by molar-refractivity contribution is 8.01. The summed E-state index contributed by atoms with van der Waals surface area (Å²) in [4.78, 5) is 4.42. The van der Waals surface area contributed by atoms with Crippen LogP contribution >= 0.6 is 23.1 Å².